The Morgan fingerprint density at radius 3 is 1.94 bits per heavy atom. The minimum atomic E-state index is -3.53. The monoisotopic (exact) mass is 311 g/mol. The number of nitrogens with zero attached hydrogens (tertiary/aromatic N) is 1. The second kappa shape index (κ2) is 5.56. The topological polar surface area (TPSA) is 71.5 Å². The zero-order chi connectivity index (χ0) is 14.0. The molecule has 1 rings (SSSR count). The number of rotatable bonds is 5. The molecular formula is C10H14ClNO4S2. The molecule has 8 heteroatoms. The van der Waals surface area contributed by atoms with Crippen molar-refractivity contribution >= 4 is 29.8 Å². The van der Waals surface area contributed by atoms with Crippen molar-refractivity contribution in [2.24, 2.45) is 0 Å². The maximum absolute atomic E-state index is 11.8. The minimum Gasteiger partial charge on any atom is -0.212 e. The number of benzene rings is 1. The summed E-state index contributed by atoms with van der Waals surface area (Å²) in [7, 11) is 1.02. The van der Waals surface area contributed by atoms with Crippen LogP contribution >= 0.6 is 10.7 Å². The Morgan fingerprint density at radius 1 is 1.06 bits per heavy atom. The van der Waals surface area contributed by atoms with Gasteiger partial charge in [0.1, 0.15) is 0 Å². The van der Waals surface area contributed by atoms with Gasteiger partial charge in [-0.1, -0.05) is 12.1 Å². The average molecular weight is 312 g/mol. The van der Waals surface area contributed by atoms with E-state index in [-0.39, 0.29) is 17.1 Å². The summed E-state index contributed by atoms with van der Waals surface area (Å²) in [6, 6.07) is 6.06. The van der Waals surface area contributed by atoms with Crippen LogP contribution in [0, 0.1) is 0 Å². The van der Waals surface area contributed by atoms with Crippen LogP contribution in [0.3, 0.4) is 0 Å². The molecule has 0 heterocycles. The van der Waals surface area contributed by atoms with Crippen molar-refractivity contribution in [1.82, 2.24) is 4.31 Å². The molecule has 5 nitrogen and oxygen atoms in total. The predicted molar refractivity (Wildman–Crippen MR) is 70.7 cm³/mol. The van der Waals surface area contributed by atoms with Gasteiger partial charge >= 0.3 is 0 Å². The first-order valence-electron chi connectivity index (χ1n) is 5.07. The first-order chi connectivity index (χ1) is 8.13. The minimum absolute atomic E-state index is 0.171. The molecule has 0 unspecified atom stereocenters. The largest absolute Gasteiger partial charge is 0.242 e. The molecule has 0 amide bonds. The molecule has 1 aromatic carbocycles. The number of hydrogen-bond acceptors (Lipinski definition) is 4. The molecule has 0 atom stereocenters. The van der Waals surface area contributed by atoms with Crippen molar-refractivity contribution < 1.29 is 16.8 Å². The van der Waals surface area contributed by atoms with Gasteiger partial charge in [0.05, 0.1) is 10.6 Å². The van der Waals surface area contributed by atoms with E-state index in [0.717, 1.165) is 9.87 Å². The molecule has 0 N–H and O–H groups in total. The van der Waals surface area contributed by atoms with Crippen LogP contribution in [0.1, 0.15) is 5.56 Å². The number of halogens is 1. The highest BCUT2D eigenvalue weighted by Gasteiger charge is 2.16. The fraction of sp³-hybridized carbons (Fsp3) is 0.400. The van der Waals surface area contributed by atoms with Gasteiger partial charge < -0.3 is 0 Å². The Bertz CT molecular complexity index is 606. The zero-order valence-corrected chi connectivity index (χ0v) is 12.4. The summed E-state index contributed by atoms with van der Waals surface area (Å²) in [4.78, 5) is 0.171. The van der Waals surface area contributed by atoms with E-state index in [1.807, 2.05) is 0 Å². The Morgan fingerprint density at radius 2 is 1.56 bits per heavy atom. The summed E-state index contributed by atoms with van der Waals surface area (Å²) in [5.74, 6) is -0.172. The van der Waals surface area contributed by atoms with E-state index in [0.29, 0.717) is 0 Å². The van der Waals surface area contributed by atoms with Gasteiger partial charge in [-0.15, -0.1) is 0 Å². The third-order valence-electron chi connectivity index (χ3n) is 2.34. The number of hydrogen-bond donors (Lipinski definition) is 0. The van der Waals surface area contributed by atoms with E-state index < -0.39 is 19.1 Å². The summed E-state index contributed by atoms with van der Waals surface area (Å²) in [6.45, 7) is 0. The molecule has 0 saturated heterocycles. The van der Waals surface area contributed by atoms with Gasteiger partial charge in [0.15, 0.2) is 0 Å². The van der Waals surface area contributed by atoms with E-state index in [4.69, 9.17) is 10.7 Å². The molecule has 18 heavy (non-hydrogen) atoms. The maximum atomic E-state index is 11.8. The number of aryl methyl sites for hydroxylation is 1. The molecule has 0 saturated carbocycles. The zero-order valence-electron chi connectivity index (χ0n) is 10.00. The molecule has 0 bridgehead atoms. The van der Waals surface area contributed by atoms with Crippen LogP contribution in [-0.4, -0.2) is 41.0 Å². The molecule has 0 spiro atoms. The molecule has 0 fully saturated rings. The molecule has 0 aromatic heterocycles. The lowest BCUT2D eigenvalue weighted by molar-refractivity contribution is 0.520. The molecule has 0 aliphatic rings. The predicted octanol–water partition coefficient (Wildman–Crippen LogP) is 1.05. The third-order valence-corrected chi connectivity index (χ3v) is 5.32. The summed E-state index contributed by atoms with van der Waals surface area (Å²) < 4.78 is 46.2. The van der Waals surface area contributed by atoms with Crippen molar-refractivity contribution in [1.29, 1.82) is 0 Å². The van der Waals surface area contributed by atoms with Crippen molar-refractivity contribution in [3.63, 3.8) is 0 Å². The van der Waals surface area contributed by atoms with Gasteiger partial charge in [0.2, 0.25) is 19.1 Å². The highest BCUT2D eigenvalue weighted by atomic mass is 35.7. The molecule has 1 aromatic rings. The van der Waals surface area contributed by atoms with E-state index >= 15 is 0 Å². The summed E-state index contributed by atoms with van der Waals surface area (Å²) >= 11 is 0. The van der Waals surface area contributed by atoms with Gasteiger partial charge in [-0.3, -0.25) is 0 Å². The number of sulfonamides is 1. The lowest BCUT2D eigenvalue weighted by atomic mass is 10.2. The standard InChI is InChI=1S/C10H14ClNO4S2/c1-12(2)18(15,16)10-5-3-9(4-6-10)7-8-17(11,13)14/h3-6H,7-8H2,1-2H3. The second-order valence-corrected chi connectivity index (χ2v) is 8.97. The quantitative estimate of drug-likeness (QED) is 0.762. The van der Waals surface area contributed by atoms with Crippen LogP contribution in [0.15, 0.2) is 29.2 Å². The maximum Gasteiger partial charge on any atom is 0.242 e. The lowest BCUT2D eigenvalue weighted by Gasteiger charge is -2.11. The van der Waals surface area contributed by atoms with Gasteiger partial charge in [-0.25, -0.2) is 21.1 Å². The first kappa shape index (κ1) is 15.4. The summed E-state index contributed by atoms with van der Waals surface area (Å²) in [5, 5.41) is 0. The smallest absolute Gasteiger partial charge is 0.212 e. The Hall–Kier alpha value is -0.630. The third kappa shape index (κ3) is 4.24. The van der Waals surface area contributed by atoms with Crippen LogP contribution < -0.4 is 0 Å². The Labute approximate surface area is 112 Å². The molecular weight excluding hydrogens is 298 g/mol. The van der Waals surface area contributed by atoms with E-state index in [9.17, 15) is 16.8 Å². The Kier molecular flexibility index (Phi) is 4.77. The van der Waals surface area contributed by atoms with Gasteiger partial charge in [-0.05, 0) is 24.1 Å². The second-order valence-electron chi connectivity index (χ2n) is 3.92. The summed E-state index contributed by atoms with van der Waals surface area (Å²) in [6.07, 6.45) is 0.258. The van der Waals surface area contributed by atoms with Crippen LogP contribution in [0.2, 0.25) is 0 Å². The van der Waals surface area contributed by atoms with Crippen molar-refractivity contribution in [2.45, 2.75) is 11.3 Å². The fourth-order valence-corrected chi connectivity index (χ4v) is 2.89. The average Bonchev–Trinajstić information content (AvgIpc) is 2.26. The first-order valence-corrected chi connectivity index (χ1v) is 8.98. The van der Waals surface area contributed by atoms with Crippen LogP contribution in [0.4, 0.5) is 0 Å². The highest BCUT2D eigenvalue weighted by Crippen LogP contribution is 2.14. The van der Waals surface area contributed by atoms with Gasteiger partial charge in [0.25, 0.3) is 0 Å². The molecule has 0 aliphatic carbocycles. The van der Waals surface area contributed by atoms with E-state index in [2.05, 4.69) is 0 Å². The van der Waals surface area contributed by atoms with Crippen LogP contribution in [0.25, 0.3) is 0 Å². The Balaban J connectivity index is 2.88. The summed E-state index contributed by atoms with van der Waals surface area (Å²) in [5.41, 5.74) is 0.719. The SMILES string of the molecule is CN(C)S(=O)(=O)c1ccc(CCS(=O)(=O)Cl)cc1. The van der Waals surface area contributed by atoms with Crippen molar-refractivity contribution in [2.75, 3.05) is 19.8 Å². The molecule has 0 radical (unpaired) electrons. The normalized spacial score (nSPS) is 12.9. The van der Waals surface area contributed by atoms with Crippen LogP contribution in [-0.2, 0) is 25.5 Å². The van der Waals surface area contributed by atoms with Crippen molar-refractivity contribution in [3.8, 4) is 0 Å². The van der Waals surface area contributed by atoms with E-state index in [1.165, 1.54) is 26.2 Å². The fourth-order valence-electron chi connectivity index (χ4n) is 1.28. The molecule has 0 aliphatic heterocycles. The highest BCUT2D eigenvalue weighted by molar-refractivity contribution is 8.13. The van der Waals surface area contributed by atoms with Gasteiger partial charge in [0, 0.05) is 24.8 Å². The van der Waals surface area contributed by atoms with Crippen molar-refractivity contribution in [3.05, 3.63) is 29.8 Å². The van der Waals surface area contributed by atoms with Crippen LogP contribution in [0.5, 0.6) is 0 Å². The molecule has 102 valence electrons. The van der Waals surface area contributed by atoms with E-state index in [1.54, 1.807) is 12.1 Å². The van der Waals surface area contributed by atoms with Gasteiger partial charge in [-0.2, -0.15) is 0 Å². The lowest BCUT2D eigenvalue weighted by Crippen LogP contribution is -2.22.